The molecule has 2 aromatic carbocycles. The molecule has 1 N–H and O–H groups in total. The Morgan fingerprint density at radius 3 is 2.71 bits per heavy atom. The van der Waals surface area contributed by atoms with Crippen molar-refractivity contribution >= 4 is 35.0 Å². The van der Waals surface area contributed by atoms with Gasteiger partial charge in [0, 0.05) is 24.2 Å². The topological polar surface area (TPSA) is 49.4 Å². The highest BCUT2D eigenvalue weighted by Crippen LogP contribution is 2.44. The van der Waals surface area contributed by atoms with Gasteiger partial charge in [-0.2, -0.15) is 0 Å². The van der Waals surface area contributed by atoms with Crippen LogP contribution in [0, 0.1) is 11.6 Å². The molecule has 1 fully saturated rings. The van der Waals surface area contributed by atoms with E-state index in [2.05, 4.69) is 5.32 Å². The molecule has 0 bridgehead atoms. The van der Waals surface area contributed by atoms with Crippen molar-refractivity contribution in [3.63, 3.8) is 0 Å². The Morgan fingerprint density at radius 1 is 1.25 bits per heavy atom. The first-order valence-corrected chi connectivity index (χ1v) is 8.27. The van der Waals surface area contributed by atoms with E-state index in [0.29, 0.717) is 11.3 Å². The monoisotopic (exact) mass is 348 g/mol. The number of benzene rings is 2. The smallest absolute Gasteiger partial charge is 0.238 e. The van der Waals surface area contributed by atoms with Crippen LogP contribution in [0.2, 0.25) is 0 Å². The highest BCUT2D eigenvalue weighted by molar-refractivity contribution is 8.00. The number of carbonyl (C=O) groups excluding carboxylic acids is 2. The minimum Gasteiger partial charge on any atom is -0.326 e. The normalized spacial score (nSPS) is 17.2. The van der Waals surface area contributed by atoms with E-state index in [-0.39, 0.29) is 23.3 Å². The first-order chi connectivity index (χ1) is 11.5. The second kappa shape index (κ2) is 6.60. The van der Waals surface area contributed by atoms with Gasteiger partial charge in [0.2, 0.25) is 11.8 Å². The van der Waals surface area contributed by atoms with Gasteiger partial charge in [-0.3, -0.25) is 14.5 Å². The summed E-state index contributed by atoms with van der Waals surface area (Å²) < 4.78 is 27.3. The van der Waals surface area contributed by atoms with E-state index in [9.17, 15) is 18.4 Å². The lowest BCUT2D eigenvalue weighted by molar-refractivity contribution is -0.116. The molecule has 2 amide bonds. The van der Waals surface area contributed by atoms with Crippen LogP contribution >= 0.6 is 11.8 Å². The summed E-state index contributed by atoms with van der Waals surface area (Å²) in [6.45, 7) is 1.39. The number of hydrogen-bond acceptors (Lipinski definition) is 3. The maximum Gasteiger partial charge on any atom is 0.238 e. The summed E-state index contributed by atoms with van der Waals surface area (Å²) in [7, 11) is 0. The molecule has 0 saturated carbocycles. The van der Waals surface area contributed by atoms with E-state index in [1.807, 2.05) is 0 Å². The summed E-state index contributed by atoms with van der Waals surface area (Å²) in [5, 5.41) is 2.22. The fourth-order valence-corrected chi connectivity index (χ4v) is 3.81. The van der Waals surface area contributed by atoms with Crippen LogP contribution in [0.25, 0.3) is 0 Å². The molecule has 24 heavy (non-hydrogen) atoms. The Labute approximate surface area is 141 Å². The van der Waals surface area contributed by atoms with Crippen molar-refractivity contribution in [3.05, 3.63) is 59.7 Å². The molecule has 1 aliphatic rings. The van der Waals surface area contributed by atoms with Crippen LogP contribution in [-0.2, 0) is 9.59 Å². The number of nitrogens with zero attached hydrogens (tertiary/aromatic N) is 1. The molecule has 2 aromatic rings. The largest absolute Gasteiger partial charge is 0.326 e. The van der Waals surface area contributed by atoms with Crippen molar-refractivity contribution in [1.82, 2.24) is 0 Å². The molecule has 4 nitrogen and oxygen atoms in total. The van der Waals surface area contributed by atoms with E-state index in [0.717, 1.165) is 12.1 Å². The highest BCUT2D eigenvalue weighted by Gasteiger charge is 2.36. The minimum absolute atomic E-state index is 0.0222. The number of carbonyl (C=O) groups is 2. The van der Waals surface area contributed by atoms with Crippen LogP contribution in [0.3, 0.4) is 0 Å². The molecular weight excluding hydrogens is 334 g/mol. The van der Waals surface area contributed by atoms with Gasteiger partial charge in [0.1, 0.15) is 17.0 Å². The number of thioether (sulfide) groups is 1. The van der Waals surface area contributed by atoms with Gasteiger partial charge in [0.05, 0.1) is 11.4 Å². The Hall–Kier alpha value is -2.41. The van der Waals surface area contributed by atoms with Gasteiger partial charge in [-0.25, -0.2) is 8.78 Å². The van der Waals surface area contributed by atoms with E-state index >= 15 is 0 Å². The maximum atomic E-state index is 14.2. The van der Waals surface area contributed by atoms with Crippen molar-refractivity contribution in [2.24, 2.45) is 0 Å². The lowest BCUT2D eigenvalue weighted by atomic mass is 10.1. The molecule has 0 radical (unpaired) electrons. The van der Waals surface area contributed by atoms with Crippen LogP contribution in [0.4, 0.5) is 20.2 Å². The van der Waals surface area contributed by atoms with Gasteiger partial charge in [0.15, 0.2) is 0 Å². The van der Waals surface area contributed by atoms with Crippen LogP contribution in [0.5, 0.6) is 0 Å². The summed E-state index contributed by atoms with van der Waals surface area (Å²) >= 11 is 1.33. The Balaban J connectivity index is 2.04. The van der Waals surface area contributed by atoms with Gasteiger partial charge >= 0.3 is 0 Å². The van der Waals surface area contributed by atoms with Crippen LogP contribution in [0.1, 0.15) is 17.9 Å². The lowest BCUT2D eigenvalue weighted by Crippen LogP contribution is -2.29. The van der Waals surface area contributed by atoms with E-state index in [1.165, 1.54) is 29.7 Å². The number of anilines is 2. The summed E-state index contributed by atoms with van der Waals surface area (Å²) in [4.78, 5) is 25.0. The zero-order chi connectivity index (χ0) is 17.3. The molecule has 3 rings (SSSR count). The number of nitrogens with one attached hydrogen (secondary N) is 1. The van der Waals surface area contributed by atoms with Crippen LogP contribution in [0.15, 0.2) is 42.5 Å². The van der Waals surface area contributed by atoms with Crippen molar-refractivity contribution in [2.75, 3.05) is 16.0 Å². The fourth-order valence-electron chi connectivity index (χ4n) is 2.61. The average molecular weight is 348 g/mol. The van der Waals surface area contributed by atoms with Crippen molar-refractivity contribution in [2.45, 2.75) is 12.3 Å². The zero-order valence-electron chi connectivity index (χ0n) is 12.8. The number of hydrogen-bond donors (Lipinski definition) is 1. The SMILES string of the molecule is CC(=O)Nc1ccccc1C1SCC(=O)N1c1ccc(F)cc1F. The van der Waals surface area contributed by atoms with Gasteiger partial charge in [-0.15, -0.1) is 11.8 Å². The number of rotatable bonds is 3. The Bertz CT molecular complexity index is 813. The molecule has 124 valence electrons. The highest BCUT2D eigenvalue weighted by atomic mass is 32.2. The Kier molecular flexibility index (Phi) is 4.53. The number of para-hydroxylation sites is 1. The molecule has 0 spiro atoms. The summed E-state index contributed by atoms with van der Waals surface area (Å²) in [5.74, 6) is -1.83. The molecular formula is C17H14F2N2O2S. The Morgan fingerprint density at radius 2 is 2.00 bits per heavy atom. The molecule has 1 heterocycles. The first kappa shape index (κ1) is 16.4. The van der Waals surface area contributed by atoms with E-state index in [1.54, 1.807) is 24.3 Å². The van der Waals surface area contributed by atoms with Gasteiger partial charge in [0.25, 0.3) is 0 Å². The predicted octanol–water partition coefficient (Wildman–Crippen LogP) is 3.70. The van der Waals surface area contributed by atoms with E-state index in [4.69, 9.17) is 0 Å². The molecule has 1 unspecified atom stereocenters. The van der Waals surface area contributed by atoms with Gasteiger partial charge in [-0.05, 0) is 18.2 Å². The van der Waals surface area contributed by atoms with Crippen LogP contribution in [-0.4, -0.2) is 17.6 Å². The van der Waals surface area contributed by atoms with Gasteiger partial charge in [-0.1, -0.05) is 18.2 Å². The second-order valence-electron chi connectivity index (χ2n) is 5.29. The molecule has 1 aliphatic heterocycles. The fraction of sp³-hybridized carbons (Fsp3) is 0.176. The molecule has 0 aliphatic carbocycles. The first-order valence-electron chi connectivity index (χ1n) is 7.22. The zero-order valence-corrected chi connectivity index (χ0v) is 13.6. The number of amides is 2. The summed E-state index contributed by atoms with van der Waals surface area (Å²) in [6, 6.07) is 10.2. The second-order valence-corrected chi connectivity index (χ2v) is 6.36. The maximum absolute atomic E-state index is 14.2. The van der Waals surface area contributed by atoms with Crippen molar-refractivity contribution in [3.8, 4) is 0 Å². The molecule has 0 aromatic heterocycles. The standard InChI is InChI=1S/C17H14F2N2O2S/c1-10(22)20-14-5-3-2-4-12(14)17-21(16(23)9-24-17)15-7-6-11(18)8-13(15)19/h2-8,17H,9H2,1H3,(H,20,22). The van der Waals surface area contributed by atoms with Crippen molar-refractivity contribution < 1.29 is 18.4 Å². The average Bonchev–Trinajstić information content (AvgIpc) is 2.89. The third-order valence-corrected chi connectivity index (χ3v) is 4.77. The lowest BCUT2D eigenvalue weighted by Gasteiger charge is -2.26. The minimum atomic E-state index is -0.798. The molecule has 7 heteroatoms. The third kappa shape index (κ3) is 3.12. The number of halogens is 2. The van der Waals surface area contributed by atoms with Crippen molar-refractivity contribution in [1.29, 1.82) is 0 Å². The summed E-state index contributed by atoms with van der Waals surface area (Å²) in [6.07, 6.45) is 0. The third-order valence-electron chi connectivity index (χ3n) is 3.57. The van der Waals surface area contributed by atoms with E-state index < -0.39 is 17.0 Å². The molecule has 1 atom stereocenters. The molecule has 1 saturated heterocycles. The summed E-state index contributed by atoms with van der Waals surface area (Å²) in [5.41, 5.74) is 1.27. The van der Waals surface area contributed by atoms with Crippen LogP contribution < -0.4 is 10.2 Å². The van der Waals surface area contributed by atoms with Gasteiger partial charge < -0.3 is 5.32 Å². The predicted molar refractivity (Wildman–Crippen MR) is 89.8 cm³/mol. The quantitative estimate of drug-likeness (QED) is 0.920.